The molecule has 4 rings (SSSR count). The summed E-state index contributed by atoms with van der Waals surface area (Å²) in [6.45, 7) is 3.45. The standard InChI is InChI=1S/C20H29N3O2/c1-12-7-13-9-18-16(20(10-12)15(13)3-2-6-23-20)8-14(11-22-18)17(21)4-5-19(24)25/h8,11-13,15,17,23H,2-7,9-10,21H2,1H3,(H,24,25)/t12-,13+,15?,17?,20-/m1/s1. The maximum atomic E-state index is 10.9. The van der Waals surface area contributed by atoms with Gasteiger partial charge in [0.2, 0.25) is 0 Å². The Morgan fingerprint density at radius 3 is 3.20 bits per heavy atom. The van der Waals surface area contributed by atoms with Gasteiger partial charge in [-0.25, -0.2) is 0 Å². The highest BCUT2D eigenvalue weighted by Crippen LogP contribution is 2.55. The quantitative estimate of drug-likeness (QED) is 0.782. The van der Waals surface area contributed by atoms with Crippen LogP contribution in [-0.2, 0) is 16.8 Å². The number of nitrogens with zero attached hydrogens (tertiary/aromatic N) is 1. The van der Waals surface area contributed by atoms with Crippen molar-refractivity contribution < 1.29 is 9.90 Å². The van der Waals surface area contributed by atoms with Gasteiger partial charge in [-0.15, -0.1) is 0 Å². The van der Waals surface area contributed by atoms with Crippen LogP contribution in [0.3, 0.4) is 0 Å². The minimum Gasteiger partial charge on any atom is -0.481 e. The summed E-state index contributed by atoms with van der Waals surface area (Å²) in [6, 6.07) is 1.99. The molecule has 0 spiro atoms. The Morgan fingerprint density at radius 2 is 2.40 bits per heavy atom. The number of nitrogens with one attached hydrogen (secondary N) is 1. The monoisotopic (exact) mass is 343 g/mol. The van der Waals surface area contributed by atoms with Gasteiger partial charge in [0.1, 0.15) is 0 Å². The van der Waals surface area contributed by atoms with Gasteiger partial charge in [0, 0.05) is 29.9 Å². The Labute approximate surface area is 149 Å². The van der Waals surface area contributed by atoms with Crippen molar-refractivity contribution in [1.82, 2.24) is 10.3 Å². The molecule has 136 valence electrons. The van der Waals surface area contributed by atoms with E-state index in [1.165, 1.54) is 36.9 Å². The second kappa shape index (κ2) is 6.36. The van der Waals surface area contributed by atoms with E-state index >= 15 is 0 Å². The zero-order valence-corrected chi connectivity index (χ0v) is 15.0. The van der Waals surface area contributed by atoms with Crippen LogP contribution in [-0.4, -0.2) is 22.6 Å². The van der Waals surface area contributed by atoms with Gasteiger partial charge in [-0.2, -0.15) is 0 Å². The predicted molar refractivity (Wildman–Crippen MR) is 96.0 cm³/mol. The second-order valence-corrected chi connectivity index (χ2v) is 8.46. The van der Waals surface area contributed by atoms with Crippen LogP contribution in [0.2, 0.25) is 0 Å². The van der Waals surface area contributed by atoms with Crippen LogP contribution in [0.25, 0.3) is 0 Å². The van der Waals surface area contributed by atoms with Gasteiger partial charge >= 0.3 is 5.97 Å². The van der Waals surface area contributed by atoms with E-state index in [4.69, 9.17) is 15.8 Å². The lowest BCUT2D eigenvalue weighted by Crippen LogP contribution is -2.60. The number of aliphatic carboxylic acids is 1. The number of pyridine rings is 1. The molecule has 25 heavy (non-hydrogen) atoms. The van der Waals surface area contributed by atoms with Crippen LogP contribution in [0, 0.1) is 17.8 Å². The lowest BCUT2D eigenvalue weighted by molar-refractivity contribution is -0.137. The number of aromatic nitrogens is 1. The topological polar surface area (TPSA) is 88.2 Å². The number of rotatable bonds is 4. The number of hydrogen-bond donors (Lipinski definition) is 3. The van der Waals surface area contributed by atoms with E-state index in [9.17, 15) is 4.79 Å². The van der Waals surface area contributed by atoms with Crippen LogP contribution >= 0.6 is 0 Å². The van der Waals surface area contributed by atoms with Gasteiger partial charge < -0.3 is 16.2 Å². The van der Waals surface area contributed by atoms with Crippen molar-refractivity contribution in [2.45, 2.75) is 63.5 Å². The Morgan fingerprint density at radius 1 is 1.56 bits per heavy atom. The molecule has 5 nitrogen and oxygen atoms in total. The molecule has 2 aliphatic carbocycles. The highest BCUT2D eigenvalue weighted by atomic mass is 16.4. The Bertz CT molecular complexity index is 677. The molecule has 0 aromatic carbocycles. The van der Waals surface area contributed by atoms with Gasteiger partial charge in [-0.05, 0) is 80.0 Å². The lowest BCUT2D eigenvalue weighted by Gasteiger charge is -2.57. The summed E-state index contributed by atoms with van der Waals surface area (Å²) in [4.78, 5) is 15.6. The normalized spacial score (nSPS) is 34.7. The molecule has 0 amide bonds. The molecule has 3 aliphatic rings. The van der Waals surface area contributed by atoms with E-state index in [1.807, 2.05) is 6.20 Å². The lowest BCUT2D eigenvalue weighted by atomic mass is 9.54. The summed E-state index contributed by atoms with van der Waals surface area (Å²) in [7, 11) is 0. The molecule has 0 radical (unpaired) electrons. The third-order valence-corrected chi connectivity index (χ3v) is 6.73. The fraction of sp³-hybridized carbons (Fsp3) is 0.700. The average molecular weight is 343 g/mol. The van der Waals surface area contributed by atoms with Crippen LogP contribution in [0.4, 0.5) is 0 Å². The van der Waals surface area contributed by atoms with Crippen molar-refractivity contribution in [3.05, 3.63) is 29.1 Å². The average Bonchev–Trinajstić information content (AvgIpc) is 2.59. The number of hydrogen-bond acceptors (Lipinski definition) is 4. The molecule has 2 fully saturated rings. The first-order valence-electron chi connectivity index (χ1n) is 9.71. The predicted octanol–water partition coefficient (Wildman–Crippen LogP) is 2.74. The molecule has 1 aromatic rings. The zero-order valence-electron chi connectivity index (χ0n) is 15.0. The Balaban J connectivity index is 1.71. The minimum absolute atomic E-state index is 0.0592. The van der Waals surface area contributed by atoms with Gasteiger partial charge in [0.15, 0.2) is 0 Å². The Hall–Kier alpha value is -1.46. The maximum Gasteiger partial charge on any atom is 0.303 e. The van der Waals surface area contributed by atoms with Crippen molar-refractivity contribution >= 4 is 5.97 Å². The van der Waals surface area contributed by atoms with E-state index in [-0.39, 0.29) is 18.0 Å². The highest BCUT2D eigenvalue weighted by Gasteiger charge is 2.53. The third-order valence-electron chi connectivity index (χ3n) is 6.73. The van der Waals surface area contributed by atoms with Crippen LogP contribution in [0.15, 0.2) is 12.3 Å². The Kier molecular flexibility index (Phi) is 4.32. The van der Waals surface area contributed by atoms with Gasteiger partial charge in [-0.3, -0.25) is 9.78 Å². The summed E-state index contributed by atoms with van der Waals surface area (Å²) in [5, 5.41) is 12.8. The molecule has 2 bridgehead atoms. The molecular formula is C20H29N3O2. The number of nitrogens with two attached hydrogens (primary N) is 1. The van der Waals surface area contributed by atoms with Crippen molar-refractivity contribution in [2.24, 2.45) is 23.5 Å². The number of carboxylic acid groups (broad SMARTS) is 1. The fourth-order valence-corrected chi connectivity index (χ4v) is 5.77. The van der Waals surface area contributed by atoms with Crippen molar-refractivity contribution in [3.8, 4) is 0 Å². The first-order valence-corrected chi connectivity index (χ1v) is 9.71. The smallest absolute Gasteiger partial charge is 0.303 e. The number of carbonyl (C=O) groups is 1. The van der Waals surface area contributed by atoms with E-state index in [1.54, 1.807) is 0 Å². The SMILES string of the molecule is C[C@@H]1C[C@H]2Cc3ncc(C(N)CCC(=O)O)cc3[C@]3(C1)NCCCC23. The number of piperidine rings is 1. The minimum atomic E-state index is -0.794. The molecule has 4 N–H and O–H groups in total. The molecule has 5 atom stereocenters. The number of carboxylic acids is 1. The molecular weight excluding hydrogens is 314 g/mol. The van der Waals surface area contributed by atoms with E-state index in [0.717, 1.165) is 30.4 Å². The maximum absolute atomic E-state index is 10.9. The molecule has 1 aromatic heterocycles. The summed E-state index contributed by atoms with van der Waals surface area (Å²) >= 11 is 0. The number of fused-ring (bicyclic) bond motifs is 1. The second-order valence-electron chi connectivity index (χ2n) is 8.46. The van der Waals surface area contributed by atoms with Crippen LogP contribution in [0.1, 0.15) is 68.3 Å². The molecule has 1 saturated heterocycles. The van der Waals surface area contributed by atoms with Crippen LogP contribution < -0.4 is 11.1 Å². The van der Waals surface area contributed by atoms with Crippen molar-refractivity contribution in [3.63, 3.8) is 0 Å². The van der Waals surface area contributed by atoms with Gasteiger partial charge in [-0.1, -0.05) is 6.92 Å². The van der Waals surface area contributed by atoms with E-state index < -0.39 is 5.97 Å². The van der Waals surface area contributed by atoms with Gasteiger partial charge in [0.05, 0.1) is 0 Å². The third kappa shape index (κ3) is 2.87. The summed E-state index contributed by atoms with van der Waals surface area (Å²) < 4.78 is 0. The van der Waals surface area contributed by atoms with E-state index in [0.29, 0.717) is 12.3 Å². The highest BCUT2D eigenvalue weighted by molar-refractivity contribution is 5.66. The van der Waals surface area contributed by atoms with Crippen LogP contribution in [0.5, 0.6) is 0 Å². The fourth-order valence-electron chi connectivity index (χ4n) is 5.77. The summed E-state index contributed by atoms with van der Waals surface area (Å²) in [5.41, 5.74) is 9.90. The van der Waals surface area contributed by atoms with Crippen molar-refractivity contribution in [1.29, 1.82) is 0 Å². The molecule has 2 heterocycles. The molecule has 5 heteroatoms. The summed E-state index contributed by atoms with van der Waals surface area (Å²) in [5.74, 6) is 1.38. The zero-order chi connectivity index (χ0) is 17.6. The first kappa shape index (κ1) is 17.0. The molecule has 2 unspecified atom stereocenters. The largest absolute Gasteiger partial charge is 0.481 e. The first-order chi connectivity index (χ1) is 12.0. The van der Waals surface area contributed by atoms with Crippen molar-refractivity contribution in [2.75, 3.05) is 6.54 Å². The van der Waals surface area contributed by atoms with E-state index in [2.05, 4.69) is 18.3 Å². The summed E-state index contributed by atoms with van der Waals surface area (Å²) in [6.07, 6.45) is 8.58. The van der Waals surface area contributed by atoms with Gasteiger partial charge in [0.25, 0.3) is 0 Å². The molecule has 1 aliphatic heterocycles. The molecule has 1 saturated carbocycles.